The van der Waals surface area contributed by atoms with Crippen LogP contribution in [0.15, 0.2) is 83.8 Å². The van der Waals surface area contributed by atoms with Gasteiger partial charge < -0.3 is 9.64 Å². The number of hydrogen-bond acceptors (Lipinski definition) is 4. The number of pyridine rings is 1. The first-order chi connectivity index (χ1) is 19.4. The molecule has 0 fully saturated rings. The quantitative estimate of drug-likeness (QED) is 0.368. The number of carbonyl (C=O) groups is 1. The molecule has 2 aliphatic carbocycles. The van der Waals surface area contributed by atoms with Crippen molar-refractivity contribution < 1.29 is 18.3 Å². The van der Waals surface area contributed by atoms with Gasteiger partial charge in [-0.3, -0.25) is 19.3 Å². The lowest BCUT2D eigenvalue weighted by Crippen LogP contribution is -2.63. The molecule has 40 heavy (non-hydrogen) atoms. The molecule has 1 aliphatic heterocycles. The fourth-order valence-corrected chi connectivity index (χ4v) is 6.92. The maximum atomic E-state index is 15.3. The second-order valence-electron chi connectivity index (χ2n) is 10.6. The van der Waals surface area contributed by atoms with Gasteiger partial charge in [0, 0.05) is 24.7 Å². The van der Waals surface area contributed by atoms with E-state index >= 15 is 4.39 Å². The monoisotopic (exact) mass is 539 g/mol. The molecule has 2 atom stereocenters. The molecule has 2 unspecified atom stereocenters. The van der Waals surface area contributed by atoms with Gasteiger partial charge in [0.15, 0.2) is 23.1 Å². The fraction of sp³-hybridized carbons (Fsp3) is 0.250. The third-order valence-electron chi connectivity index (χ3n) is 8.65. The molecule has 1 aromatic heterocycles. The van der Waals surface area contributed by atoms with Crippen LogP contribution in [0.25, 0.3) is 0 Å². The summed E-state index contributed by atoms with van der Waals surface area (Å²) in [7, 11) is 0. The first kappa shape index (κ1) is 24.6. The van der Waals surface area contributed by atoms with Crippen LogP contribution in [0.4, 0.5) is 8.78 Å². The van der Waals surface area contributed by atoms with E-state index in [-0.39, 0.29) is 36.5 Å². The topological polar surface area (TPSA) is 54.8 Å². The van der Waals surface area contributed by atoms with Crippen molar-refractivity contribution in [3.05, 3.63) is 134 Å². The molecule has 0 radical (unpaired) electrons. The van der Waals surface area contributed by atoms with Crippen molar-refractivity contribution in [1.82, 2.24) is 9.58 Å². The summed E-state index contributed by atoms with van der Waals surface area (Å²) in [6.07, 6.45) is 2.63. The number of hydrogen-bond donors (Lipinski definition) is 0. The van der Waals surface area contributed by atoms with E-state index in [0.29, 0.717) is 30.5 Å². The molecule has 0 N–H and O–H groups in total. The molecule has 8 heteroatoms. The smallest absolute Gasteiger partial charge is 0.277 e. The van der Waals surface area contributed by atoms with E-state index in [1.807, 2.05) is 60.5 Å². The van der Waals surface area contributed by atoms with Crippen LogP contribution in [0, 0.1) is 17.6 Å². The van der Waals surface area contributed by atoms with Gasteiger partial charge in [-0.2, -0.15) is 0 Å². The number of nitrogens with zero attached hydrogens (tertiary/aromatic N) is 3. The van der Waals surface area contributed by atoms with Gasteiger partial charge in [-0.05, 0) is 53.6 Å². The number of amides is 1. The van der Waals surface area contributed by atoms with E-state index in [4.69, 9.17) is 4.74 Å². The number of fused-ring (bicyclic) bond motifs is 6. The lowest BCUT2D eigenvalue weighted by atomic mass is 9.81. The van der Waals surface area contributed by atoms with Crippen LogP contribution in [0.3, 0.4) is 0 Å². The van der Waals surface area contributed by atoms with Crippen LogP contribution >= 0.6 is 0 Å². The minimum Gasteiger partial charge on any atom is -0.482 e. The second kappa shape index (κ2) is 9.05. The minimum absolute atomic E-state index is 0.0257. The van der Waals surface area contributed by atoms with Crippen molar-refractivity contribution in [3.8, 4) is 5.75 Å². The van der Waals surface area contributed by atoms with Crippen molar-refractivity contribution in [1.29, 1.82) is 0 Å². The van der Waals surface area contributed by atoms with Crippen LogP contribution in [-0.4, -0.2) is 28.7 Å². The Hall–Kier alpha value is -4.46. The molecular formula is C32H27F2N3O3. The van der Waals surface area contributed by atoms with Crippen LogP contribution in [0.5, 0.6) is 5.75 Å². The zero-order valence-corrected chi connectivity index (χ0v) is 21.9. The second-order valence-corrected chi connectivity index (χ2v) is 10.6. The van der Waals surface area contributed by atoms with E-state index in [2.05, 4.69) is 6.07 Å². The van der Waals surface area contributed by atoms with Gasteiger partial charge in [0.05, 0.1) is 0 Å². The molecule has 2 heterocycles. The Bertz CT molecular complexity index is 1720. The van der Waals surface area contributed by atoms with Crippen molar-refractivity contribution >= 4 is 5.91 Å². The molecule has 3 aromatic carbocycles. The Balaban J connectivity index is 1.46. The number of ether oxygens (including phenoxy) is 1. The molecule has 7 rings (SSSR count). The summed E-state index contributed by atoms with van der Waals surface area (Å²) in [5, 5.41) is 2.04. The van der Waals surface area contributed by atoms with Gasteiger partial charge in [0.2, 0.25) is 5.43 Å². The van der Waals surface area contributed by atoms with Crippen molar-refractivity contribution in [2.24, 2.45) is 5.92 Å². The normalized spacial score (nSPS) is 20.7. The SMILES string of the molecule is CCN1CN(C23c4ccccc4CC2Cc2c3ccc(F)c2F)n2ccc(=O)c(OCc3ccccc3)c2C1=O. The number of benzene rings is 3. The highest BCUT2D eigenvalue weighted by Gasteiger charge is 2.59. The summed E-state index contributed by atoms with van der Waals surface area (Å²) in [6, 6.07) is 21.8. The summed E-state index contributed by atoms with van der Waals surface area (Å²) >= 11 is 0. The average molecular weight is 540 g/mol. The maximum Gasteiger partial charge on any atom is 0.277 e. The van der Waals surface area contributed by atoms with Crippen molar-refractivity contribution in [3.63, 3.8) is 0 Å². The third kappa shape index (κ3) is 3.31. The first-order valence-electron chi connectivity index (χ1n) is 13.5. The number of carbonyl (C=O) groups excluding carboxylic acids is 1. The summed E-state index contributed by atoms with van der Waals surface area (Å²) in [4.78, 5) is 28.7. The number of aromatic nitrogens is 1. The Labute approximate surface area is 230 Å². The van der Waals surface area contributed by atoms with Gasteiger partial charge in [-0.25, -0.2) is 8.78 Å². The summed E-state index contributed by atoms with van der Waals surface area (Å²) in [5.74, 6) is -2.14. The zero-order valence-electron chi connectivity index (χ0n) is 21.9. The highest BCUT2D eigenvalue weighted by Crippen LogP contribution is 2.57. The van der Waals surface area contributed by atoms with Gasteiger partial charge in [0.1, 0.15) is 18.8 Å². The van der Waals surface area contributed by atoms with Crippen LogP contribution in [0.2, 0.25) is 0 Å². The van der Waals surface area contributed by atoms with Gasteiger partial charge in [0.25, 0.3) is 5.91 Å². The number of rotatable bonds is 5. The van der Waals surface area contributed by atoms with E-state index in [1.54, 1.807) is 21.8 Å². The maximum absolute atomic E-state index is 15.3. The zero-order chi connectivity index (χ0) is 27.6. The molecule has 1 amide bonds. The molecule has 0 bridgehead atoms. The third-order valence-corrected chi connectivity index (χ3v) is 8.65. The molecule has 6 nitrogen and oxygen atoms in total. The van der Waals surface area contributed by atoms with Crippen molar-refractivity contribution in [2.45, 2.75) is 31.9 Å². The van der Waals surface area contributed by atoms with Gasteiger partial charge in [-0.1, -0.05) is 60.7 Å². The average Bonchev–Trinajstić information content (AvgIpc) is 3.47. The lowest BCUT2D eigenvalue weighted by molar-refractivity contribution is 0.0654. The van der Waals surface area contributed by atoms with E-state index in [0.717, 1.165) is 16.7 Å². The predicted molar refractivity (Wildman–Crippen MR) is 146 cm³/mol. The molecule has 0 saturated heterocycles. The summed E-state index contributed by atoms with van der Waals surface area (Å²) in [5.41, 5.74) is 2.89. The lowest BCUT2D eigenvalue weighted by Gasteiger charge is -2.50. The Morgan fingerprint density at radius 3 is 2.50 bits per heavy atom. The fourth-order valence-electron chi connectivity index (χ4n) is 6.92. The largest absolute Gasteiger partial charge is 0.482 e. The predicted octanol–water partition coefficient (Wildman–Crippen LogP) is 4.75. The van der Waals surface area contributed by atoms with Crippen LogP contribution in [-0.2, 0) is 25.0 Å². The standard InChI is InChI=1S/C32H27F2N3O3/c1-2-35-19-37(36-15-14-27(38)30(29(36)31(35)39)40-18-20-8-4-3-5-9-20)32-22(16-21-10-6-7-11-24(21)32)17-23-25(32)12-13-26(33)28(23)34/h3-15,22H,2,16-19H2,1H3. The van der Waals surface area contributed by atoms with E-state index < -0.39 is 22.6 Å². The molecule has 3 aliphatic rings. The Kier molecular flexibility index (Phi) is 5.56. The van der Waals surface area contributed by atoms with Gasteiger partial charge >= 0.3 is 0 Å². The van der Waals surface area contributed by atoms with Crippen LogP contribution in [0.1, 0.15) is 45.2 Å². The molecule has 0 saturated carbocycles. The number of halogens is 2. The summed E-state index contributed by atoms with van der Waals surface area (Å²) in [6.45, 7) is 2.60. The Morgan fingerprint density at radius 1 is 0.925 bits per heavy atom. The molecular weight excluding hydrogens is 512 g/mol. The molecule has 0 spiro atoms. The van der Waals surface area contributed by atoms with E-state index in [1.165, 1.54) is 12.1 Å². The minimum atomic E-state index is -0.880. The first-order valence-corrected chi connectivity index (χ1v) is 13.5. The van der Waals surface area contributed by atoms with E-state index in [9.17, 15) is 14.0 Å². The highest BCUT2D eigenvalue weighted by atomic mass is 19.2. The van der Waals surface area contributed by atoms with Crippen LogP contribution < -0.4 is 15.2 Å². The summed E-state index contributed by atoms with van der Waals surface area (Å²) < 4.78 is 37.5. The van der Waals surface area contributed by atoms with Crippen molar-refractivity contribution in [2.75, 3.05) is 18.2 Å². The van der Waals surface area contributed by atoms with Gasteiger partial charge in [-0.15, -0.1) is 0 Å². The highest BCUT2D eigenvalue weighted by molar-refractivity contribution is 5.96. The Morgan fingerprint density at radius 2 is 1.70 bits per heavy atom. The molecule has 4 aromatic rings. The molecule has 202 valence electrons.